The zero-order valence-electron chi connectivity index (χ0n) is 14.1. The van der Waals surface area contributed by atoms with Gasteiger partial charge in [0.2, 0.25) is 11.1 Å². The lowest BCUT2D eigenvalue weighted by atomic mass is 10.1. The maximum absolute atomic E-state index is 13.0. The maximum Gasteiger partial charge on any atom is 0.254 e. The number of hydrogen-bond acceptors (Lipinski definition) is 4. The van der Waals surface area contributed by atoms with Gasteiger partial charge >= 0.3 is 0 Å². The second-order valence-electron chi connectivity index (χ2n) is 6.30. The summed E-state index contributed by atoms with van der Waals surface area (Å²) in [6.07, 6.45) is 3.29. The van der Waals surface area contributed by atoms with E-state index in [4.69, 9.17) is 0 Å². The predicted octanol–water partition coefficient (Wildman–Crippen LogP) is 1.18. The molecule has 1 aliphatic rings. The first kappa shape index (κ1) is 16.1. The first-order chi connectivity index (χ1) is 12.6. The van der Waals surface area contributed by atoms with Gasteiger partial charge in [-0.25, -0.2) is 0 Å². The molecule has 0 atom stereocenters. The normalized spacial score (nSPS) is 14.6. The Balaban J connectivity index is 1.53. The molecular formula is C19H18N4O3. The zero-order valence-corrected chi connectivity index (χ0v) is 14.1. The number of piperazine rings is 1. The highest BCUT2D eigenvalue weighted by atomic mass is 16.2. The number of aromatic amines is 2. The predicted molar refractivity (Wildman–Crippen MR) is 99.7 cm³/mol. The number of hydrogen-bond donors (Lipinski definition) is 2. The van der Waals surface area contributed by atoms with Crippen molar-refractivity contribution in [3.05, 3.63) is 75.1 Å². The molecule has 4 rings (SSSR count). The van der Waals surface area contributed by atoms with E-state index >= 15 is 0 Å². The smallest absolute Gasteiger partial charge is 0.254 e. The molecule has 0 unspecified atom stereocenters. The van der Waals surface area contributed by atoms with Gasteiger partial charge in [-0.05, 0) is 17.5 Å². The number of anilines is 1. The SMILES string of the molecule is O=C(c1cccc2cc(=O)[nH]cc12)N1CCN(c2ccc(=O)[nH]c2)CC1. The number of rotatable bonds is 2. The molecule has 1 fully saturated rings. The molecule has 3 aromatic rings. The second kappa shape index (κ2) is 6.51. The van der Waals surface area contributed by atoms with Gasteiger partial charge < -0.3 is 19.8 Å². The first-order valence-electron chi connectivity index (χ1n) is 8.46. The average molecular weight is 350 g/mol. The molecule has 0 aliphatic carbocycles. The molecular weight excluding hydrogens is 332 g/mol. The fourth-order valence-electron chi connectivity index (χ4n) is 3.32. The molecule has 132 valence electrons. The fourth-order valence-corrected chi connectivity index (χ4v) is 3.32. The van der Waals surface area contributed by atoms with Crippen LogP contribution in [0.15, 0.2) is 58.4 Å². The van der Waals surface area contributed by atoms with E-state index in [1.807, 2.05) is 11.0 Å². The van der Waals surface area contributed by atoms with Crippen LogP contribution in [-0.2, 0) is 0 Å². The molecule has 0 saturated carbocycles. The Morgan fingerprint density at radius 3 is 2.38 bits per heavy atom. The van der Waals surface area contributed by atoms with E-state index in [0.717, 1.165) is 16.5 Å². The summed E-state index contributed by atoms with van der Waals surface area (Å²) in [6.45, 7) is 2.58. The van der Waals surface area contributed by atoms with Crippen LogP contribution in [-0.4, -0.2) is 47.0 Å². The molecule has 1 aromatic carbocycles. The van der Waals surface area contributed by atoms with Crippen molar-refractivity contribution in [2.24, 2.45) is 0 Å². The van der Waals surface area contributed by atoms with Gasteiger partial charge in [-0.2, -0.15) is 0 Å². The van der Waals surface area contributed by atoms with E-state index < -0.39 is 0 Å². The number of fused-ring (bicyclic) bond motifs is 1. The summed E-state index contributed by atoms with van der Waals surface area (Å²) in [5.74, 6) is -0.0382. The van der Waals surface area contributed by atoms with Crippen LogP contribution in [0.3, 0.4) is 0 Å². The first-order valence-corrected chi connectivity index (χ1v) is 8.46. The molecule has 3 heterocycles. The third-order valence-corrected chi connectivity index (χ3v) is 4.72. The molecule has 0 spiro atoms. The van der Waals surface area contributed by atoms with E-state index in [1.165, 1.54) is 12.1 Å². The monoisotopic (exact) mass is 350 g/mol. The molecule has 7 nitrogen and oxygen atoms in total. The quantitative estimate of drug-likeness (QED) is 0.726. The number of carbonyl (C=O) groups is 1. The van der Waals surface area contributed by atoms with E-state index in [-0.39, 0.29) is 17.0 Å². The second-order valence-corrected chi connectivity index (χ2v) is 6.30. The largest absolute Gasteiger partial charge is 0.367 e. The molecule has 26 heavy (non-hydrogen) atoms. The van der Waals surface area contributed by atoms with Crippen LogP contribution in [0, 0.1) is 0 Å². The highest BCUT2D eigenvalue weighted by molar-refractivity contribution is 6.06. The van der Waals surface area contributed by atoms with Crippen LogP contribution >= 0.6 is 0 Å². The summed E-state index contributed by atoms with van der Waals surface area (Å²) in [5.41, 5.74) is 1.23. The Kier molecular flexibility index (Phi) is 4.04. The van der Waals surface area contributed by atoms with Crippen LogP contribution < -0.4 is 16.0 Å². The Labute approximate surface area is 148 Å². The Morgan fingerprint density at radius 2 is 1.65 bits per heavy atom. The van der Waals surface area contributed by atoms with Crippen molar-refractivity contribution < 1.29 is 4.79 Å². The van der Waals surface area contributed by atoms with Gasteiger partial charge in [0.15, 0.2) is 0 Å². The fraction of sp³-hybridized carbons (Fsp3) is 0.211. The molecule has 2 aromatic heterocycles. The van der Waals surface area contributed by atoms with Crippen molar-refractivity contribution in [2.45, 2.75) is 0 Å². The number of nitrogens with one attached hydrogen (secondary N) is 2. The Hall–Kier alpha value is -3.35. The number of amides is 1. The molecule has 1 saturated heterocycles. The van der Waals surface area contributed by atoms with Crippen molar-refractivity contribution in [3.63, 3.8) is 0 Å². The van der Waals surface area contributed by atoms with E-state index in [0.29, 0.717) is 31.7 Å². The molecule has 2 N–H and O–H groups in total. The van der Waals surface area contributed by atoms with Gasteiger partial charge in [0.25, 0.3) is 5.91 Å². The Bertz CT molecular complexity index is 1060. The molecule has 1 amide bonds. The van der Waals surface area contributed by atoms with E-state index in [1.54, 1.807) is 30.6 Å². The van der Waals surface area contributed by atoms with Crippen molar-refractivity contribution in [1.82, 2.24) is 14.9 Å². The third-order valence-electron chi connectivity index (χ3n) is 4.72. The summed E-state index contributed by atoms with van der Waals surface area (Å²) in [7, 11) is 0. The van der Waals surface area contributed by atoms with E-state index in [9.17, 15) is 14.4 Å². The van der Waals surface area contributed by atoms with Crippen LogP contribution in [0.25, 0.3) is 10.8 Å². The lowest BCUT2D eigenvalue weighted by molar-refractivity contribution is 0.0748. The number of nitrogens with zero attached hydrogens (tertiary/aromatic N) is 2. The Morgan fingerprint density at radius 1 is 0.885 bits per heavy atom. The standard InChI is InChI=1S/C19H18N4O3/c24-17-5-4-14(11-20-17)22-6-8-23(9-7-22)19(26)15-3-1-2-13-10-18(25)21-12-16(13)15/h1-5,10-12H,6-9H2,(H,20,24)(H,21,25). The van der Waals surface area contributed by atoms with Crippen LogP contribution in [0.5, 0.6) is 0 Å². The van der Waals surface area contributed by atoms with Gasteiger partial charge in [-0.3, -0.25) is 14.4 Å². The zero-order chi connectivity index (χ0) is 18.1. The summed E-state index contributed by atoms with van der Waals surface area (Å²) >= 11 is 0. The topological polar surface area (TPSA) is 89.3 Å². The number of aromatic nitrogens is 2. The van der Waals surface area contributed by atoms with Gasteiger partial charge in [0.1, 0.15) is 0 Å². The third kappa shape index (κ3) is 2.99. The van der Waals surface area contributed by atoms with Crippen LogP contribution in [0.1, 0.15) is 10.4 Å². The van der Waals surface area contributed by atoms with Gasteiger partial charge in [-0.1, -0.05) is 12.1 Å². The maximum atomic E-state index is 13.0. The van der Waals surface area contributed by atoms with Gasteiger partial charge in [0, 0.05) is 61.7 Å². The van der Waals surface area contributed by atoms with Crippen molar-refractivity contribution >= 4 is 22.4 Å². The number of carbonyl (C=O) groups excluding carboxylic acids is 1. The molecule has 1 aliphatic heterocycles. The summed E-state index contributed by atoms with van der Waals surface area (Å²) in [4.78, 5) is 44.9. The highest BCUT2D eigenvalue weighted by Crippen LogP contribution is 2.20. The van der Waals surface area contributed by atoms with Crippen LogP contribution in [0.2, 0.25) is 0 Å². The minimum Gasteiger partial charge on any atom is -0.367 e. The molecule has 7 heteroatoms. The molecule has 0 bridgehead atoms. The average Bonchev–Trinajstić information content (AvgIpc) is 2.67. The van der Waals surface area contributed by atoms with E-state index in [2.05, 4.69) is 14.9 Å². The molecule has 0 radical (unpaired) electrons. The number of H-pyrrole nitrogens is 2. The summed E-state index contributed by atoms with van der Waals surface area (Å²) in [6, 6.07) is 10.2. The minimum atomic E-state index is -0.184. The van der Waals surface area contributed by atoms with Gasteiger partial charge in [-0.15, -0.1) is 0 Å². The van der Waals surface area contributed by atoms with Crippen molar-refractivity contribution in [3.8, 4) is 0 Å². The number of benzene rings is 1. The summed E-state index contributed by atoms with van der Waals surface area (Å²) in [5, 5.41) is 1.51. The lowest BCUT2D eigenvalue weighted by Gasteiger charge is -2.36. The lowest BCUT2D eigenvalue weighted by Crippen LogP contribution is -2.49. The van der Waals surface area contributed by atoms with Gasteiger partial charge in [0.05, 0.1) is 5.69 Å². The summed E-state index contributed by atoms with van der Waals surface area (Å²) < 4.78 is 0. The van der Waals surface area contributed by atoms with Crippen molar-refractivity contribution in [2.75, 3.05) is 31.1 Å². The van der Waals surface area contributed by atoms with Crippen molar-refractivity contribution in [1.29, 1.82) is 0 Å². The highest BCUT2D eigenvalue weighted by Gasteiger charge is 2.23. The van der Waals surface area contributed by atoms with Crippen LogP contribution in [0.4, 0.5) is 5.69 Å². The number of pyridine rings is 2. The minimum absolute atomic E-state index is 0.0382.